The predicted molar refractivity (Wildman–Crippen MR) is 53.7 cm³/mol. The van der Waals surface area contributed by atoms with Gasteiger partial charge in [0.1, 0.15) is 0 Å². The molecule has 0 aromatic heterocycles. The Morgan fingerprint density at radius 3 is 2.67 bits per heavy atom. The largest absolute Gasteiger partial charge is 2.00 e. The fourth-order valence-electron chi connectivity index (χ4n) is 1.24. The van der Waals surface area contributed by atoms with E-state index in [1.807, 2.05) is 42.0 Å². The van der Waals surface area contributed by atoms with E-state index < -0.39 is 0 Å². The fraction of sp³-hybridized carbons (Fsp3) is 0.0909. The molecular formula is C11H9N3Rh. The van der Waals surface area contributed by atoms with Crippen LogP contribution in [-0.4, -0.2) is 11.9 Å². The first-order chi connectivity index (χ1) is 6.79. The van der Waals surface area contributed by atoms with Crippen molar-refractivity contribution in [3.05, 3.63) is 48.9 Å². The van der Waals surface area contributed by atoms with Crippen LogP contribution >= 0.6 is 0 Å². The van der Waals surface area contributed by atoms with Crippen molar-refractivity contribution in [2.75, 3.05) is 11.9 Å². The predicted octanol–water partition coefficient (Wildman–Crippen LogP) is 1.70. The third kappa shape index (κ3) is 2.58. The molecule has 1 aliphatic rings. The molecule has 0 saturated carbocycles. The van der Waals surface area contributed by atoms with Gasteiger partial charge < -0.3 is 9.80 Å². The summed E-state index contributed by atoms with van der Waals surface area (Å²) in [6, 6.07) is 10.5. The van der Waals surface area contributed by atoms with Crippen LogP contribution in [0.25, 0.3) is 0 Å². The van der Waals surface area contributed by atoms with Gasteiger partial charge in [-0.05, 0) is 19.4 Å². The molecule has 3 nitrogen and oxygen atoms in total. The van der Waals surface area contributed by atoms with Crippen LogP contribution in [0.2, 0.25) is 0 Å². The number of nitriles is 1. The van der Waals surface area contributed by atoms with Crippen molar-refractivity contribution in [3.63, 3.8) is 0 Å². The Balaban J connectivity index is 0.00000112. The van der Waals surface area contributed by atoms with E-state index in [9.17, 15) is 0 Å². The molecule has 1 heterocycles. The van der Waals surface area contributed by atoms with Crippen LogP contribution in [0.4, 0.5) is 5.69 Å². The quantitative estimate of drug-likeness (QED) is 0.581. The van der Waals surface area contributed by atoms with E-state index in [-0.39, 0.29) is 19.5 Å². The Bertz CT molecular complexity index is 391. The van der Waals surface area contributed by atoms with E-state index in [0.717, 1.165) is 5.69 Å². The molecule has 4 heteroatoms. The molecule has 0 fully saturated rings. The second-order valence-corrected chi connectivity index (χ2v) is 3.06. The van der Waals surface area contributed by atoms with Gasteiger partial charge in [-0.2, -0.15) is 24.9 Å². The minimum absolute atomic E-state index is 0. The zero-order valence-electron chi connectivity index (χ0n) is 8.14. The number of benzene rings is 1. The van der Waals surface area contributed by atoms with Gasteiger partial charge in [0.25, 0.3) is 0 Å². The first-order valence-electron chi connectivity index (χ1n) is 4.25. The van der Waals surface area contributed by atoms with Gasteiger partial charge in [0.05, 0.1) is 0 Å². The molecule has 0 N–H and O–H groups in total. The summed E-state index contributed by atoms with van der Waals surface area (Å²) in [5.41, 5.74) is 1.56. The summed E-state index contributed by atoms with van der Waals surface area (Å²) in [5.74, 6) is 0. The number of hydrogen-bond donors (Lipinski definition) is 0. The third-order valence-corrected chi connectivity index (χ3v) is 1.97. The maximum Gasteiger partial charge on any atom is 2.00 e. The Kier molecular flexibility index (Phi) is 3.88. The van der Waals surface area contributed by atoms with Gasteiger partial charge in [-0.1, -0.05) is 5.56 Å². The topological polar surface area (TPSA) is 30.3 Å². The third-order valence-electron chi connectivity index (χ3n) is 1.97. The number of rotatable bonds is 1. The van der Waals surface area contributed by atoms with Crippen LogP contribution in [-0.2, 0) is 19.5 Å². The molecule has 15 heavy (non-hydrogen) atoms. The molecule has 0 amide bonds. The van der Waals surface area contributed by atoms with Crippen LogP contribution in [0, 0.1) is 24.1 Å². The van der Waals surface area contributed by atoms with Crippen molar-refractivity contribution in [1.29, 1.82) is 5.26 Å². The second kappa shape index (κ2) is 4.95. The number of anilines is 1. The Labute approximate surface area is 102 Å². The van der Waals surface area contributed by atoms with Crippen LogP contribution in [0.5, 0.6) is 0 Å². The molecule has 0 spiro atoms. The van der Waals surface area contributed by atoms with E-state index in [0.29, 0.717) is 5.56 Å². The molecule has 1 aromatic carbocycles. The zero-order chi connectivity index (χ0) is 9.97. The average molecular weight is 286 g/mol. The van der Waals surface area contributed by atoms with Gasteiger partial charge in [0, 0.05) is 6.07 Å². The first-order valence-corrected chi connectivity index (χ1v) is 4.25. The van der Waals surface area contributed by atoms with Crippen LogP contribution in [0.3, 0.4) is 0 Å². The molecule has 0 bridgehead atoms. The van der Waals surface area contributed by atoms with Crippen molar-refractivity contribution in [3.8, 4) is 6.07 Å². The summed E-state index contributed by atoms with van der Waals surface area (Å²) >= 11 is 0. The smallest absolute Gasteiger partial charge is 0.510 e. The monoisotopic (exact) mass is 286 g/mol. The van der Waals surface area contributed by atoms with Gasteiger partial charge in [-0.15, -0.1) is 11.8 Å². The van der Waals surface area contributed by atoms with Gasteiger partial charge in [-0.3, -0.25) is 0 Å². The molecule has 1 radical (unpaired) electrons. The van der Waals surface area contributed by atoms with E-state index >= 15 is 0 Å². The average Bonchev–Trinajstić information content (AvgIpc) is 2.65. The second-order valence-electron chi connectivity index (χ2n) is 3.06. The Hall–Kier alpha value is -1.33. The van der Waals surface area contributed by atoms with Crippen molar-refractivity contribution in [1.82, 2.24) is 4.90 Å². The zero-order valence-corrected chi connectivity index (χ0v) is 9.78. The Morgan fingerprint density at radius 2 is 2.20 bits per heavy atom. The van der Waals surface area contributed by atoms with Gasteiger partial charge in [0.2, 0.25) is 0 Å². The SMILES string of the molecule is CN1C=CN(c2[c-]cc(C#N)cc2)[CH-]1.[Rh+2]. The van der Waals surface area contributed by atoms with Crippen LogP contribution in [0.1, 0.15) is 5.56 Å². The molecule has 1 aliphatic heterocycles. The van der Waals surface area contributed by atoms with E-state index in [1.165, 1.54) is 0 Å². The number of hydrogen-bond acceptors (Lipinski definition) is 3. The van der Waals surface area contributed by atoms with E-state index in [1.54, 1.807) is 12.1 Å². The molecule has 77 valence electrons. The van der Waals surface area contributed by atoms with Crippen LogP contribution < -0.4 is 4.90 Å². The van der Waals surface area contributed by atoms with E-state index in [2.05, 4.69) is 12.1 Å². The van der Waals surface area contributed by atoms with Crippen molar-refractivity contribution >= 4 is 5.69 Å². The Morgan fingerprint density at radius 1 is 1.40 bits per heavy atom. The minimum Gasteiger partial charge on any atom is -0.510 e. The standard InChI is InChI=1S/C11H9N3.Rh/c1-13-6-7-14(9-13)11-4-2-10(8-12)3-5-11;/h2-4,6-7,9H,1H3;/q-2;+2. The summed E-state index contributed by atoms with van der Waals surface area (Å²) in [6.07, 6.45) is 3.89. The van der Waals surface area contributed by atoms with Gasteiger partial charge >= 0.3 is 19.5 Å². The summed E-state index contributed by atoms with van der Waals surface area (Å²) in [5, 5.41) is 8.62. The maximum absolute atomic E-state index is 8.62. The van der Waals surface area contributed by atoms with Crippen LogP contribution in [0.15, 0.2) is 30.6 Å². The number of nitrogens with zero attached hydrogens (tertiary/aromatic N) is 3. The minimum atomic E-state index is 0. The molecule has 2 rings (SSSR count). The first kappa shape index (κ1) is 11.7. The van der Waals surface area contributed by atoms with Gasteiger partial charge in [-0.25, -0.2) is 5.26 Å². The maximum atomic E-state index is 8.62. The summed E-state index contributed by atoms with van der Waals surface area (Å²) in [6.45, 7) is 1.94. The molecular weight excluding hydrogens is 277 g/mol. The van der Waals surface area contributed by atoms with Crippen molar-refractivity contribution in [2.24, 2.45) is 0 Å². The molecule has 1 aromatic rings. The molecule has 0 unspecified atom stereocenters. The molecule has 0 saturated heterocycles. The fourth-order valence-corrected chi connectivity index (χ4v) is 1.24. The van der Waals surface area contributed by atoms with Crippen molar-refractivity contribution in [2.45, 2.75) is 0 Å². The molecule has 0 atom stereocenters. The molecule has 0 aliphatic carbocycles. The summed E-state index contributed by atoms with van der Waals surface area (Å²) in [7, 11) is 1.96. The summed E-state index contributed by atoms with van der Waals surface area (Å²) in [4.78, 5) is 3.90. The summed E-state index contributed by atoms with van der Waals surface area (Å²) < 4.78 is 0. The van der Waals surface area contributed by atoms with Gasteiger partial charge in [0.15, 0.2) is 0 Å². The van der Waals surface area contributed by atoms with E-state index in [4.69, 9.17) is 5.26 Å². The normalized spacial score (nSPS) is 13.6. The van der Waals surface area contributed by atoms with Crippen molar-refractivity contribution < 1.29 is 19.5 Å².